The Kier molecular flexibility index (Phi) is 6.02. The molecule has 1 aromatic rings. The highest BCUT2D eigenvalue weighted by molar-refractivity contribution is 7.90. The average molecular weight is 318 g/mol. The summed E-state index contributed by atoms with van der Waals surface area (Å²) in [6.45, 7) is 6.08. The average Bonchev–Trinajstić information content (AvgIpc) is 2.26. The molecule has 0 saturated carbocycles. The number of amides is 1. The van der Waals surface area contributed by atoms with Crippen molar-refractivity contribution in [2.75, 3.05) is 0 Å². The van der Waals surface area contributed by atoms with Gasteiger partial charge in [0.1, 0.15) is 0 Å². The van der Waals surface area contributed by atoms with Gasteiger partial charge in [-0.05, 0) is 42.5 Å². The molecule has 0 fully saturated rings. The first kappa shape index (κ1) is 17.0. The van der Waals surface area contributed by atoms with Crippen LogP contribution >= 0.6 is 11.6 Å². The fourth-order valence-corrected chi connectivity index (χ4v) is 3.19. The molecule has 1 unspecified atom stereocenters. The van der Waals surface area contributed by atoms with Gasteiger partial charge in [0.25, 0.3) is 10.0 Å². The lowest BCUT2D eigenvalue weighted by Gasteiger charge is -2.13. The Balaban J connectivity index is 2.67. The molecule has 0 saturated heterocycles. The fraction of sp³-hybridized carbons (Fsp3) is 0.500. The molecule has 4 nitrogen and oxygen atoms in total. The van der Waals surface area contributed by atoms with Gasteiger partial charge in [-0.2, -0.15) is 0 Å². The third-order valence-electron chi connectivity index (χ3n) is 2.78. The monoisotopic (exact) mass is 317 g/mol. The van der Waals surface area contributed by atoms with Crippen molar-refractivity contribution in [2.45, 2.75) is 38.5 Å². The molecule has 0 aliphatic carbocycles. The van der Waals surface area contributed by atoms with Gasteiger partial charge in [0, 0.05) is 11.4 Å². The molecule has 1 aromatic carbocycles. The molecular formula is C14H20ClNO3S. The van der Waals surface area contributed by atoms with E-state index in [9.17, 15) is 13.2 Å². The molecular weight excluding hydrogens is 298 g/mol. The molecule has 0 aliphatic rings. The zero-order chi connectivity index (χ0) is 15.3. The van der Waals surface area contributed by atoms with Crippen LogP contribution in [0, 0.1) is 11.8 Å². The predicted molar refractivity (Wildman–Crippen MR) is 80.0 cm³/mol. The minimum Gasteiger partial charge on any atom is -0.274 e. The van der Waals surface area contributed by atoms with Crippen LogP contribution in [0.2, 0.25) is 5.02 Å². The molecule has 0 bridgehead atoms. The van der Waals surface area contributed by atoms with Gasteiger partial charge in [-0.3, -0.25) is 4.79 Å². The van der Waals surface area contributed by atoms with E-state index in [4.69, 9.17) is 11.6 Å². The summed E-state index contributed by atoms with van der Waals surface area (Å²) in [5.74, 6) is 0.147. The van der Waals surface area contributed by atoms with E-state index in [1.54, 1.807) is 0 Å². The number of rotatable bonds is 6. The van der Waals surface area contributed by atoms with Crippen molar-refractivity contribution in [3.05, 3.63) is 29.3 Å². The third-order valence-corrected chi connectivity index (χ3v) is 4.42. The van der Waals surface area contributed by atoms with Crippen LogP contribution in [0.15, 0.2) is 29.2 Å². The van der Waals surface area contributed by atoms with Crippen LogP contribution in [0.25, 0.3) is 0 Å². The molecule has 1 N–H and O–H groups in total. The number of hydrogen-bond acceptors (Lipinski definition) is 3. The van der Waals surface area contributed by atoms with E-state index in [1.165, 1.54) is 24.3 Å². The number of hydrogen-bond donors (Lipinski definition) is 1. The second kappa shape index (κ2) is 7.09. The first-order chi connectivity index (χ1) is 9.20. The zero-order valence-corrected chi connectivity index (χ0v) is 13.5. The maximum absolute atomic E-state index is 12.0. The van der Waals surface area contributed by atoms with E-state index in [-0.39, 0.29) is 17.2 Å². The highest BCUT2D eigenvalue weighted by Gasteiger charge is 2.19. The van der Waals surface area contributed by atoms with Gasteiger partial charge in [-0.25, -0.2) is 13.1 Å². The topological polar surface area (TPSA) is 63.2 Å². The first-order valence-corrected chi connectivity index (χ1v) is 8.38. The highest BCUT2D eigenvalue weighted by Crippen LogP contribution is 2.16. The molecule has 0 aromatic heterocycles. The third kappa shape index (κ3) is 5.51. The largest absolute Gasteiger partial charge is 0.274 e. The Labute approximate surface area is 125 Å². The van der Waals surface area contributed by atoms with E-state index in [0.717, 1.165) is 6.42 Å². The van der Waals surface area contributed by atoms with Crippen LogP contribution in [-0.2, 0) is 14.8 Å². The van der Waals surface area contributed by atoms with Crippen molar-refractivity contribution >= 4 is 27.5 Å². The Morgan fingerprint density at radius 2 is 1.75 bits per heavy atom. The van der Waals surface area contributed by atoms with E-state index in [2.05, 4.69) is 18.6 Å². The second-order valence-electron chi connectivity index (χ2n) is 5.42. The van der Waals surface area contributed by atoms with Gasteiger partial charge in [0.15, 0.2) is 0 Å². The maximum Gasteiger partial charge on any atom is 0.264 e. The van der Waals surface area contributed by atoms with Crippen molar-refractivity contribution in [1.82, 2.24) is 4.72 Å². The molecule has 1 atom stereocenters. The van der Waals surface area contributed by atoms with Crippen LogP contribution in [0.5, 0.6) is 0 Å². The molecule has 6 heteroatoms. The maximum atomic E-state index is 12.0. The summed E-state index contributed by atoms with van der Waals surface area (Å²) in [6.07, 6.45) is 1.08. The lowest BCUT2D eigenvalue weighted by Crippen LogP contribution is -2.31. The molecule has 0 radical (unpaired) electrons. The normalized spacial score (nSPS) is 13.2. The number of nitrogens with one attached hydrogen (secondary N) is 1. The van der Waals surface area contributed by atoms with Crippen LogP contribution in [0.3, 0.4) is 0 Å². The highest BCUT2D eigenvalue weighted by atomic mass is 35.5. The number of carbonyl (C=O) groups excluding carboxylic acids is 1. The Hall–Kier alpha value is -1.07. The molecule has 20 heavy (non-hydrogen) atoms. The molecule has 1 amide bonds. The van der Waals surface area contributed by atoms with Crippen LogP contribution < -0.4 is 4.72 Å². The van der Waals surface area contributed by atoms with Gasteiger partial charge in [0.2, 0.25) is 5.91 Å². The summed E-state index contributed by atoms with van der Waals surface area (Å²) in [5, 5.41) is 0.445. The minimum absolute atomic E-state index is 0.0340. The summed E-state index contributed by atoms with van der Waals surface area (Å²) in [7, 11) is -3.81. The minimum atomic E-state index is -3.81. The Bertz CT molecular complexity index is 552. The van der Waals surface area contributed by atoms with Gasteiger partial charge in [0.05, 0.1) is 4.90 Å². The van der Waals surface area contributed by atoms with Crippen molar-refractivity contribution < 1.29 is 13.2 Å². The van der Waals surface area contributed by atoms with Crippen LogP contribution in [-0.4, -0.2) is 14.3 Å². The van der Waals surface area contributed by atoms with E-state index >= 15 is 0 Å². The summed E-state index contributed by atoms with van der Waals surface area (Å²) in [4.78, 5) is 11.8. The first-order valence-electron chi connectivity index (χ1n) is 6.52. The summed E-state index contributed by atoms with van der Waals surface area (Å²) in [6, 6.07) is 5.69. The van der Waals surface area contributed by atoms with Gasteiger partial charge < -0.3 is 0 Å². The number of sulfonamides is 1. The molecule has 0 aliphatic heterocycles. The van der Waals surface area contributed by atoms with Crippen molar-refractivity contribution in [1.29, 1.82) is 0 Å². The lowest BCUT2D eigenvalue weighted by atomic mass is 9.96. The molecule has 1 rings (SSSR count). The lowest BCUT2D eigenvalue weighted by molar-refractivity contribution is -0.120. The smallest absolute Gasteiger partial charge is 0.264 e. The van der Waals surface area contributed by atoms with Crippen LogP contribution in [0.1, 0.15) is 33.6 Å². The fourth-order valence-electron chi connectivity index (χ4n) is 2.07. The number of benzene rings is 1. The SMILES string of the molecule is CC(C)CC(C)CC(=O)NS(=O)(=O)c1ccc(Cl)cc1. The summed E-state index contributed by atoms with van der Waals surface area (Å²) >= 11 is 5.70. The summed E-state index contributed by atoms with van der Waals surface area (Å²) < 4.78 is 26.1. The molecule has 0 heterocycles. The van der Waals surface area contributed by atoms with E-state index in [1.807, 2.05) is 6.92 Å². The van der Waals surface area contributed by atoms with Crippen molar-refractivity contribution in [3.63, 3.8) is 0 Å². The van der Waals surface area contributed by atoms with Gasteiger partial charge >= 0.3 is 0 Å². The second-order valence-corrected chi connectivity index (χ2v) is 7.54. The number of carbonyl (C=O) groups is 1. The van der Waals surface area contributed by atoms with Crippen molar-refractivity contribution in [2.24, 2.45) is 11.8 Å². The Morgan fingerprint density at radius 1 is 1.20 bits per heavy atom. The Morgan fingerprint density at radius 3 is 2.25 bits per heavy atom. The molecule has 0 spiro atoms. The summed E-state index contributed by atoms with van der Waals surface area (Å²) in [5.41, 5.74) is 0. The van der Waals surface area contributed by atoms with Gasteiger partial charge in [-0.1, -0.05) is 32.4 Å². The van der Waals surface area contributed by atoms with Crippen LogP contribution in [0.4, 0.5) is 0 Å². The quantitative estimate of drug-likeness (QED) is 0.876. The van der Waals surface area contributed by atoms with Gasteiger partial charge in [-0.15, -0.1) is 0 Å². The van der Waals surface area contributed by atoms with Crippen molar-refractivity contribution in [3.8, 4) is 0 Å². The zero-order valence-electron chi connectivity index (χ0n) is 11.9. The van der Waals surface area contributed by atoms with E-state index in [0.29, 0.717) is 10.9 Å². The standard InChI is InChI=1S/C14H20ClNO3S/c1-10(2)8-11(3)9-14(17)16-20(18,19)13-6-4-12(15)5-7-13/h4-7,10-11H,8-9H2,1-3H3,(H,16,17). The predicted octanol–water partition coefficient (Wildman–Crippen LogP) is 3.22. The van der Waals surface area contributed by atoms with E-state index < -0.39 is 15.9 Å². The number of halogens is 1. The molecule has 112 valence electrons.